The predicted molar refractivity (Wildman–Crippen MR) is 55.9 cm³/mol. The van der Waals surface area contributed by atoms with E-state index in [1.807, 2.05) is 42.5 Å². The third-order valence-corrected chi connectivity index (χ3v) is 2.12. The van der Waals surface area contributed by atoms with E-state index < -0.39 is 0 Å². The Balaban J connectivity index is 2.39. The average Bonchev–Trinajstić information content (AvgIpc) is 2.30. The van der Waals surface area contributed by atoms with Crippen LogP contribution < -0.4 is 5.53 Å². The van der Waals surface area contributed by atoms with Crippen molar-refractivity contribution < 1.29 is 5.53 Å². The number of hydrogen-bond donors (Lipinski definition) is 1. The Kier molecular flexibility index (Phi) is 2.36. The Morgan fingerprint density at radius 2 is 1.29 bits per heavy atom. The highest BCUT2D eigenvalue weighted by Crippen LogP contribution is 2.21. The topological polar surface area (TPSA) is 38.0 Å². The van der Waals surface area contributed by atoms with Crippen molar-refractivity contribution in [1.82, 2.24) is 0 Å². The van der Waals surface area contributed by atoms with E-state index in [1.54, 1.807) is 0 Å². The van der Waals surface area contributed by atoms with Gasteiger partial charge in [-0.2, -0.15) is 5.53 Å². The lowest BCUT2D eigenvalue weighted by Gasteiger charge is -1.99. The molecule has 2 nitrogen and oxygen atoms in total. The zero-order valence-electron chi connectivity index (χ0n) is 7.72. The first-order valence-electron chi connectivity index (χ1n) is 4.46. The maximum atomic E-state index is 5.16. The molecule has 2 aromatic rings. The summed E-state index contributed by atoms with van der Waals surface area (Å²) in [5.41, 5.74) is 8.34. The predicted octanol–water partition coefficient (Wildman–Crippen LogP) is 2.20. The van der Waals surface area contributed by atoms with Gasteiger partial charge in [-0.05, 0) is 28.4 Å². The molecule has 0 radical (unpaired) electrons. The van der Waals surface area contributed by atoms with Gasteiger partial charge in [0.15, 0.2) is 0 Å². The summed E-state index contributed by atoms with van der Waals surface area (Å²) in [6.45, 7) is 0. The molecular formula is C12H11N2+. The van der Waals surface area contributed by atoms with E-state index in [-0.39, 0.29) is 0 Å². The minimum atomic E-state index is 0.796. The molecule has 0 saturated heterocycles. The molecule has 0 unspecified atom stereocenters. The molecule has 68 valence electrons. The number of rotatable bonds is 2. The second-order valence-corrected chi connectivity index (χ2v) is 3.04. The van der Waals surface area contributed by atoms with Gasteiger partial charge in [-0.25, -0.2) is 0 Å². The fourth-order valence-corrected chi connectivity index (χ4v) is 1.37. The molecule has 0 fully saturated rings. The van der Waals surface area contributed by atoms with E-state index in [9.17, 15) is 0 Å². The van der Waals surface area contributed by atoms with Crippen LogP contribution in [0.2, 0.25) is 0 Å². The summed E-state index contributed by atoms with van der Waals surface area (Å²) in [5, 5.41) is 3.61. The van der Waals surface area contributed by atoms with Gasteiger partial charge in [0.05, 0.1) is 0 Å². The van der Waals surface area contributed by atoms with Gasteiger partial charge in [0, 0.05) is 0 Å². The normalized spacial score (nSPS) is 9.71. The van der Waals surface area contributed by atoms with E-state index in [4.69, 9.17) is 5.53 Å². The summed E-state index contributed by atoms with van der Waals surface area (Å²) in [4.78, 5) is 0. The molecule has 0 bridgehead atoms. The van der Waals surface area contributed by atoms with E-state index in [1.165, 1.54) is 11.1 Å². The van der Waals surface area contributed by atoms with Crippen molar-refractivity contribution in [3.63, 3.8) is 0 Å². The minimum absolute atomic E-state index is 0.796. The van der Waals surface area contributed by atoms with Gasteiger partial charge < -0.3 is 0 Å². The van der Waals surface area contributed by atoms with Crippen LogP contribution in [0.3, 0.4) is 0 Å². The van der Waals surface area contributed by atoms with E-state index in [0.717, 1.165) is 5.69 Å². The van der Waals surface area contributed by atoms with Crippen LogP contribution in [0, 0.1) is 0 Å². The summed E-state index contributed by atoms with van der Waals surface area (Å²) >= 11 is 0. The van der Waals surface area contributed by atoms with Crippen LogP contribution in [0.5, 0.6) is 0 Å². The van der Waals surface area contributed by atoms with Gasteiger partial charge in [0.1, 0.15) is 5.69 Å². The van der Waals surface area contributed by atoms with Crippen molar-refractivity contribution in [3.8, 4) is 11.1 Å². The fourth-order valence-electron chi connectivity index (χ4n) is 1.37. The van der Waals surface area contributed by atoms with Crippen molar-refractivity contribution in [3.05, 3.63) is 54.6 Å². The highest BCUT2D eigenvalue weighted by molar-refractivity contribution is 5.64. The molecule has 0 spiro atoms. The van der Waals surface area contributed by atoms with Gasteiger partial charge in [-0.1, -0.05) is 42.5 Å². The minimum Gasteiger partial charge on any atom is -0.152 e. The lowest BCUT2D eigenvalue weighted by Crippen LogP contribution is -2.21. The Morgan fingerprint density at radius 3 is 1.86 bits per heavy atom. The van der Waals surface area contributed by atoms with Crippen LogP contribution in [0.1, 0.15) is 0 Å². The molecule has 0 amide bonds. The van der Waals surface area contributed by atoms with E-state index >= 15 is 0 Å². The van der Waals surface area contributed by atoms with Gasteiger partial charge in [-0.3, -0.25) is 0 Å². The Morgan fingerprint density at radius 1 is 0.714 bits per heavy atom. The maximum absolute atomic E-state index is 5.16. The molecule has 2 heteroatoms. The molecule has 0 atom stereocenters. The van der Waals surface area contributed by atoms with Crippen LogP contribution in [0.15, 0.2) is 59.7 Å². The Labute approximate surface area is 82.7 Å². The Bertz CT molecular complexity index is 418. The largest absolute Gasteiger partial charge is 0.152 e. The molecule has 0 saturated carbocycles. The molecule has 14 heavy (non-hydrogen) atoms. The van der Waals surface area contributed by atoms with Gasteiger partial charge >= 0.3 is 0 Å². The summed E-state index contributed by atoms with van der Waals surface area (Å²) < 4.78 is 0. The van der Waals surface area contributed by atoms with Gasteiger partial charge in [0.25, 0.3) is 0 Å². The van der Waals surface area contributed by atoms with E-state index in [0.29, 0.717) is 0 Å². The third kappa shape index (κ3) is 1.69. The molecule has 2 rings (SSSR count). The second kappa shape index (κ2) is 3.83. The second-order valence-electron chi connectivity index (χ2n) is 3.04. The third-order valence-electron chi connectivity index (χ3n) is 2.12. The molecule has 0 aliphatic heterocycles. The summed E-state index contributed by atoms with van der Waals surface area (Å²) in [6.07, 6.45) is 0. The van der Waals surface area contributed by atoms with Gasteiger partial charge in [-0.15, -0.1) is 0 Å². The molecule has 0 aromatic heterocycles. The maximum Gasteiger partial charge on any atom is 0.129 e. The molecule has 0 aliphatic carbocycles. The Hall–Kier alpha value is -1.96. The highest BCUT2D eigenvalue weighted by atomic mass is 14.9. The smallest absolute Gasteiger partial charge is 0.129 e. The fraction of sp³-hybridized carbons (Fsp3) is 0. The molecule has 2 aromatic carbocycles. The molecule has 2 N–H and O–H groups in total. The van der Waals surface area contributed by atoms with Crippen molar-refractivity contribution in [2.24, 2.45) is 5.11 Å². The average molecular weight is 183 g/mol. The van der Waals surface area contributed by atoms with Crippen molar-refractivity contribution >= 4 is 5.69 Å². The van der Waals surface area contributed by atoms with Crippen LogP contribution in [-0.2, 0) is 0 Å². The molecule has 0 aliphatic rings. The van der Waals surface area contributed by atoms with Crippen LogP contribution in [0.25, 0.3) is 11.1 Å². The summed E-state index contributed by atoms with van der Waals surface area (Å²) in [6, 6.07) is 18.1. The van der Waals surface area contributed by atoms with Crippen molar-refractivity contribution in [2.45, 2.75) is 0 Å². The van der Waals surface area contributed by atoms with Crippen molar-refractivity contribution in [2.75, 3.05) is 0 Å². The van der Waals surface area contributed by atoms with Crippen LogP contribution >= 0.6 is 0 Å². The first-order chi connectivity index (χ1) is 6.90. The highest BCUT2D eigenvalue weighted by Gasteiger charge is 1.96. The number of nitrogens with zero attached hydrogens (tertiary/aromatic N) is 1. The molecule has 0 heterocycles. The number of hydrogen-bond acceptors (Lipinski definition) is 1. The first-order valence-corrected chi connectivity index (χ1v) is 4.46. The number of nitrogens with two attached hydrogens (primary N) is 1. The summed E-state index contributed by atoms with van der Waals surface area (Å²) in [7, 11) is 0. The van der Waals surface area contributed by atoms with Crippen LogP contribution in [0.4, 0.5) is 5.69 Å². The number of benzene rings is 2. The standard InChI is InChI=1S/C12H10N2/c13-14-12-8-6-11(7-9-12)10-4-2-1-3-5-10/h1-9,13H/p+1. The first kappa shape index (κ1) is 8.63. The van der Waals surface area contributed by atoms with E-state index in [2.05, 4.69) is 17.2 Å². The quantitative estimate of drug-likeness (QED) is 0.693. The monoisotopic (exact) mass is 183 g/mol. The SMILES string of the molecule is [NH2+]=Nc1ccc(-c2ccccc2)cc1. The lowest BCUT2D eigenvalue weighted by molar-refractivity contribution is -0.210. The zero-order valence-corrected chi connectivity index (χ0v) is 7.72. The van der Waals surface area contributed by atoms with Crippen LogP contribution in [-0.4, -0.2) is 0 Å². The van der Waals surface area contributed by atoms with Gasteiger partial charge in [0.2, 0.25) is 0 Å². The van der Waals surface area contributed by atoms with Crippen molar-refractivity contribution in [1.29, 1.82) is 0 Å². The summed E-state index contributed by atoms with van der Waals surface area (Å²) in [5.74, 6) is 0. The molecular weight excluding hydrogens is 172 g/mol. The zero-order chi connectivity index (χ0) is 9.80. The lowest BCUT2D eigenvalue weighted by atomic mass is 10.1.